The average Bonchev–Trinajstić information content (AvgIpc) is 3.13. The third-order valence-electron chi connectivity index (χ3n) is 3.72. The quantitative estimate of drug-likeness (QED) is 0.597. The van der Waals surface area contributed by atoms with Crippen LogP contribution in [0.3, 0.4) is 0 Å². The van der Waals surface area contributed by atoms with E-state index in [1.54, 1.807) is 0 Å². The molecule has 0 saturated carbocycles. The van der Waals surface area contributed by atoms with Crippen molar-refractivity contribution in [3.05, 3.63) is 66.0 Å². The molecule has 2 amide bonds. The Morgan fingerprint density at radius 3 is 2.38 bits per heavy atom. The first-order valence-corrected chi connectivity index (χ1v) is 8.44. The molecule has 7 nitrogen and oxygen atoms in total. The number of hydrogen-bond acceptors (Lipinski definition) is 4. The number of benzene rings is 1. The third kappa shape index (κ3) is 4.83. The fraction of sp³-hybridized carbons (Fsp3) is 0.211. The van der Waals surface area contributed by atoms with Crippen LogP contribution in [0, 0.1) is 13.8 Å². The maximum atomic E-state index is 11.9. The van der Waals surface area contributed by atoms with Crippen LogP contribution in [0.2, 0.25) is 0 Å². The van der Waals surface area contributed by atoms with Crippen LogP contribution in [0.4, 0.5) is 16.3 Å². The molecule has 26 heavy (non-hydrogen) atoms. The van der Waals surface area contributed by atoms with Crippen LogP contribution in [0.15, 0.2) is 54.9 Å². The van der Waals surface area contributed by atoms with Gasteiger partial charge in [-0.3, -0.25) is 0 Å². The van der Waals surface area contributed by atoms with E-state index in [0.717, 1.165) is 22.6 Å². The van der Waals surface area contributed by atoms with Gasteiger partial charge < -0.3 is 20.5 Å². The van der Waals surface area contributed by atoms with Gasteiger partial charge in [-0.25, -0.2) is 4.79 Å². The first kappa shape index (κ1) is 17.5. The predicted molar refractivity (Wildman–Crippen MR) is 103 cm³/mol. The molecule has 3 rings (SSSR count). The van der Waals surface area contributed by atoms with E-state index in [0.29, 0.717) is 18.9 Å². The number of nitrogens with zero attached hydrogens (tertiary/aromatic N) is 3. The van der Waals surface area contributed by atoms with E-state index in [-0.39, 0.29) is 6.03 Å². The van der Waals surface area contributed by atoms with E-state index >= 15 is 0 Å². The minimum Gasteiger partial charge on any atom is -0.367 e. The Morgan fingerprint density at radius 2 is 1.73 bits per heavy atom. The van der Waals surface area contributed by atoms with E-state index < -0.39 is 0 Å². The largest absolute Gasteiger partial charge is 0.367 e. The van der Waals surface area contributed by atoms with Crippen LogP contribution >= 0.6 is 0 Å². The molecule has 3 aromatic rings. The molecule has 0 aliphatic heterocycles. The highest BCUT2D eigenvalue weighted by molar-refractivity contribution is 5.89. The monoisotopic (exact) mass is 350 g/mol. The molecule has 7 heteroatoms. The SMILES string of the molecule is Cc1cc(C)cc(NC(=O)NCCNc2ccc(-n3cccc3)nn2)c1. The molecule has 0 atom stereocenters. The lowest BCUT2D eigenvalue weighted by atomic mass is 10.1. The van der Waals surface area contributed by atoms with Crippen molar-refractivity contribution in [1.82, 2.24) is 20.1 Å². The standard InChI is InChI=1S/C19H22N6O/c1-14-11-15(2)13-16(12-14)22-19(26)21-8-7-20-17-5-6-18(24-23-17)25-9-3-4-10-25/h3-6,9-13H,7-8H2,1-2H3,(H,20,23)(H2,21,22,26). The Hall–Kier alpha value is -3.35. The molecule has 134 valence electrons. The molecular weight excluding hydrogens is 328 g/mol. The molecule has 0 unspecified atom stereocenters. The zero-order chi connectivity index (χ0) is 18.4. The Kier molecular flexibility index (Phi) is 5.48. The van der Waals surface area contributed by atoms with Crippen LogP contribution in [0.5, 0.6) is 0 Å². The highest BCUT2D eigenvalue weighted by Gasteiger charge is 2.03. The van der Waals surface area contributed by atoms with Crippen molar-refractivity contribution in [2.24, 2.45) is 0 Å². The molecule has 3 N–H and O–H groups in total. The number of rotatable bonds is 6. The molecule has 0 radical (unpaired) electrons. The number of aromatic nitrogens is 3. The third-order valence-corrected chi connectivity index (χ3v) is 3.72. The molecule has 1 aromatic carbocycles. The lowest BCUT2D eigenvalue weighted by Gasteiger charge is -2.10. The Balaban J connectivity index is 1.41. The van der Waals surface area contributed by atoms with Crippen molar-refractivity contribution in [3.63, 3.8) is 0 Å². The van der Waals surface area contributed by atoms with Gasteiger partial charge >= 0.3 is 6.03 Å². The molecule has 0 spiro atoms. The van der Waals surface area contributed by atoms with Gasteiger partial charge in [0.15, 0.2) is 5.82 Å². The summed E-state index contributed by atoms with van der Waals surface area (Å²) in [7, 11) is 0. The Bertz CT molecular complexity index is 838. The summed E-state index contributed by atoms with van der Waals surface area (Å²) in [5, 5.41) is 17.1. The van der Waals surface area contributed by atoms with Crippen LogP contribution in [-0.4, -0.2) is 33.9 Å². The normalized spacial score (nSPS) is 10.4. The van der Waals surface area contributed by atoms with Gasteiger partial charge in [0.1, 0.15) is 5.82 Å². The van der Waals surface area contributed by atoms with Gasteiger partial charge in [-0.1, -0.05) is 6.07 Å². The average molecular weight is 350 g/mol. The zero-order valence-electron chi connectivity index (χ0n) is 14.9. The van der Waals surface area contributed by atoms with E-state index in [4.69, 9.17) is 0 Å². The minimum atomic E-state index is -0.231. The molecule has 0 aliphatic rings. The van der Waals surface area contributed by atoms with Gasteiger partial charge in [-0.15, -0.1) is 10.2 Å². The molecular formula is C19H22N6O. The molecule has 0 fully saturated rings. The van der Waals surface area contributed by atoms with Crippen LogP contribution in [0.1, 0.15) is 11.1 Å². The van der Waals surface area contributed by atoms with Crippen LogP contribution < -0.4 is 16.0 Å². The predicted octanol–water partition coefficient (Wildman–Crippen LogP) is 3.12. The van der Waals surface area contributed by atoms with Gasteiger partial charge in [-0.2, -0.15) is 0 Å². The van der Waals surface area contributed by atoms with E-state index in [1.165, 1.54) is 0 Å². The summed E-state index contributed by atoms with van der Waals surface area (Å²) in [5.41, 5.74) is 3.02. The number of anilines is 2. The van der Waals surface area contributed by atoms with Gasteiger partial charge in [-0.05, 0) is 61.4 Å². The first-order valence-electron chi connectivity index (χ1n) is 8.44. The Morgan fingerprint density at radius 1 is 1.00 bits per heavy atom. The zero-order valence-corrected chi connectivity index (χ0v) is 14.9. The van der Waals surface area contributed by atoms with Crippen LogP contribution in [-0.2, 0) is 0 Å². The van der Waals surface area contributed by atoms with Crippen molar-refractivity contribution in [2.75, 3.05) is 23.7 Å². The van der Waals surface area contributed by atoms with Gasteiger partial charge in [0.2, 0.25) is 0 Å². The number of nitrogens with one attached hydrogen (secondary N) is 3. The number of hydrogen-bond donors (Lipinski definition) is 3. The van der Waals surface area contributed by atoms with E-state index in [2.05, 4.69) is 32.2 Å². The number of carbonyl (C=O) groups excluding carboxylic acids is 1. The second-order valence-electron chi connectivity index (χ2n) is 6.05. The lowest BCUT2D eigenvalue weighted by Crippen LogP contribution is -2.32. The van der Waals surface area contributed by atoms with Gasteiger partial charge in [0, 0.05) is 31.2 Å². The number of carbonyl (C=O) groups is 1. The van der Waals surface area contributed by atoms with E-state index in [1.807, 2.05) is 67.2 Å². The fourth-order valence-electron chi connectivity index (χ4n) is 2.63. The maximum absolute atomic E-state index is 11.9. The van der Waals surface area contributed by atoms with Crippen molar-refractivity contribution in [3.8, 4) is 5.82 Å². The topological polar surface area (TPSA) is 83.9 Å². The number of amides is 2. The second kappa shape index (κ2) is 8.15. The van der Waals surface area contributed by atoms with Crippen molar-refractivity contribution in [1.29, 1.82) is 0 Å². The smallest absolute Gasteiger partial charge is 0.319 e. The maximum Gasteiger partial charge on any atom is 0.319 e. The lowest BCUT2D eigenvalue weighted by molar-refractivity contribution is 0.252. The summed E-state index contributed by atoms with van der Waals surface area (Å²) in [4.78, 5) is 11.9. The summed E-state index contributed by atoms with van der Waals surface area (Å²) in [6.07, 6.45) is 3.82. The molecule has 2 aromatic heterocycles. The van der Waals surface area contributed by atoms with Gasteiger partial charge in [0.25, 0.3) is 0 Å². The van der Waals surface area contributed by atoms with Crippen LogP contribution in [0.25, 0.3) is 5.82 Å². The summed E-state index contributed by atoms with van der Waals surface area (Å²) < 4.78 is 1.88. The summed E-state index contributed by atoms with van der Waals surface area (Å²) in [6.45, 7) is 5.03. The molecule has 2 heterocycles. The van der Waals surface area contributed by atoms with E-state index in [9.17, 15) is 4.79 Å². The molecule has 0 saturated heterocycles. The van der Waals surface area contributed by atoms with Gasteiger partial charge in [0.05, 0.1) is 0 Å². The number of aryl methyl sites for hydroxylation is 2. The first-order chi connectivity index (χ1) is 12.6. The fourth-order valence-corrected chi connectivity index (χ4v) is 2.63. The summed E-state index contributed by atoms with van der Waals surface area (Å²) in [5.74, 6) is 1.42. The summed E-state index contributed by atoms with van der Waals surface area (Å²) in [6, 6.07) is 13.3. The van der Waals surface area contributed by atoms with Crippen molar-refractivity contribution >= 4 is 17.5 Å². The Labute approximate surface area is 152 Å². The molecule has 0 aliphatic carbocycles. The number of urea groups is 1. The van der Waals surface area contributed by atoms with Crippen molar-refractivity contribution < 1.29 is 4.79 Å². The highest BCUT2D eigenvalue weighted by Crippen LogP contribution is 2.13. The second-order valence-corrected chi connectivity index (χ2v) is 6.05. The minimum absolute atomic E-state index is 0.231. The highest BCUT2D eigenvalue weighted by atomic mass is 16.2. The summed E-state index contributed by atoms with van der Waals surface area (Å²) >= 11 is 0. The van der Waals surface area contributed by atoms with Crippen molar-refractivity contribution in [2.45, 2.75) is 13.8 Å². The molecule has 0 bridgehead atoms.